The van der Waals surface area contributed by atoms with E-state index in [0.29, 0.717) is 5.84 Å². The van der Waals surface area contributed by atoms with Crippen LogP contribution in [0.5, 0.6) is 0 Å². The number of carbonyl (C=O) groups excluding carboxylic acids is 1. The van der Waals surface area contributed by atoms with Crippen molar-refractivity contribution in [1.29, 1.82) is 0 Å². The maximum atomic E-state index is 12.5. The van der Waals surface area contributed by atoms with Gasteiger partial charge in [0.15, 0.2) is 0 Å². The van der Waals surface area contributed by atoms with E-state index >= 15 is 0 Å². The number of aliphatic hydroxyl groups is 1. The molecule has 2 aromatic carbocycles. The molecule has 0 aromatic heterocycles. The summed E-state index contributed by atoms with van der Waals surface area (Å²) in [4.78, 5) is 17.3. The summed E-state index contributed by atoms with van der Waals surface area (Å²) in [7, 11) is 0. The molecule has 0 spiro atoms. The van der Waals surface area contributed by atoms with Gasteiger partial charge in [0.2, 0.25) is 0 Å². The predicted molar refractivity (Wildman–Crippen MR) is 96.0 cm³/mol. The van der Waals surface area contributed by atoms with Gasteiger partial charge in [-0.25, -0.2) is 0 Å². The zero-order valence-electron chi connectivity index (χ0n) is 14.3. The first-order chi connectivity index (χ1) is 12.0. The fourth-order valence-corrected chi connectivity index (χ4v) is 3.12. The van der Waals surface area contributed by atoms with Crippen LogP contribution >= 0.6 is 0 Å². The summed E-state index contributed by atoms with van der Waals surface area (Å²) < 4.78 is 5.20. The number of benzene rings is 2. The monoisotopic (exact) mass is 338 g/mol. The summed E-state index contributed by atoms with van der Waals surface area (Å²) in [6.07, 6.45) is 0. The van der Waals surface area contributed by atoms with Gasteiger partial charge in [0.25, 0.3) is 0 Å². The lowest BCUT2D eigenvalue weighted by Gasteiger charge is -2.40. The normalized spacial score (nSPS) is 25.6. The number of esters is 1. The minimum Gasteiger partial charge on any atom is -0.466 e. The van der Waals surface area contributed by atoms with Gasteiger partial charge in [0.05, 0.1) is 12.6 Å². The molecule has 0 saturated carbocycles. The summed E-state index contributed by atoms with van der Waals surface area (Å²) >= 11 is 0. The highest BCUT2D eigenvalue weighted by Crippen LogP contribution is 2.37. The molecule has 1 aliphatic heterocycles. The van der Waals surface area contributed by atoms with Crippen molar-refractivity contribution in [1.82, 2.24) is 5.32 Å². The largest absolute Gasteiger partial charge is 0.466 e. The average Bonchev–Trinajstić information content (AvgIpc) is 2.62. The van der Waals surface area contributed by atoms with Crippen molar-refractivity contribution in [2.24, 2.45) is 10.9 Å². The van der Waals surface area contributed by atoms with Crippen LogP contribution in [0.4, 0.5) is 0 Å². The van der Waals surface area contributed by atoms with Gasteiger partial charge in [0.1, 0.15) is 17.5 Å². The second-order valence-electron chi connectivity index (χ2n) is 6.20. The molecule has 1 aliphatic rings. The van der Waals surface area contributed by atoms with Gasteiger partial charge < -0.3 is 15.2 Å². The fourth-order valence-electron chi connectivity index (χ4n) is 3.12. The molecule has 1 heterocycles. The molecule has 3 rings (SSSR count). The van der Waals surface area contributed by atoms with E-state index in [9.17, 15) is 9.90 Å². The van der Waals surface area contributed by atoms with E-state index in [4.69, 9.17) is 9.73 Å². The van der Waals surface area contributed by atoms with Gasteiger partial charge >= 0.3 is 5.97 Å². The highest BCUT2D eigenvalue weighted by molar-refractivity contribution is 6.00. The second kappa shape index (κ2) is 7.07. The lowest BCUT2D eigenvalue weighted by molar-refractivity contribution is -0.161. The van der Waals surface area contributed by atoms with Crippen LogP contribution in [0.2, 0.25) is 0 Å². The van der Waals surface area contributed by atoms with Crippen LogP contribution in [0.3, 0.4) is 0 Å². The lowest BCUT2D eigenvalue weighted by Crippen LogP contribution is -2.59. The van der Waals surface area contributed by atoms with Crippen LogP contribution in [0.25, 0.3) is 0 Å². The molecule has 0 bridgehead atoms. The van der Waals surface area contributed by atoms with E-state index in [1.54, 1.807) is 13.8 Å². The van der Waals surface area contributed by atoms with Crippen LogP contribution in [0.1, 0.15) is 31.0 Å². The average molecular weight is 338 g/mol. The number of amidine groups is 1. The molecular formula is C20H22N2O3. The number of rotatable bonds is 4. The number of hydrogen-bond acceptors (Lipinski definition) is 5. The molecule has 0 fully saturated rings. The second-order valence-corrected chi connectivity index (χ2v) is 6.20. The number of nitrogens with zero attached hydrogens (tertiary/aromatic N) is 1. The lowest BCUT2D eigenvalue weighted by atomic mass is 9.83. The molecule has 0 saturated heterocycles. The van der Waals surface area contributed by atoms with Gasteiger partial charge in [-0.15, -0.1) is 0 Å². The summed E-state index contributed by atoms with van der Waals surface area (Å²) in [6, 6.07) is 18.5. The van der Waals surface area contributed by atoms with Gasteiger partial charge in [-0.2, -0.15) is 0 Å². The van der Waals surface area contributed by atoms with Gasteiger partial charge in [0, 0.05) is 5.56 Å². The highest BCUT2D eigenvalue weighted by atomic mass is 16.5. The summed E-state index contributed by atoms with van der Waals surface area (Å²) in [5.41, 5.74) is 0.224. The van der Waals surface area contributed by atoms with E-state index in [1.165, 1.54) is 0 Å². The summed E-state index contributed by atoms with van der Waals surface area (Å²) in [5.74, 6) is -0.757. The Morgan fingerprint density at radius 2 is 1.76 bits per heavy atom. The molecule has 130 valence electrons. The van der Waals surface area contributed by atoms with Crippen molar-refractivity contribution in [2.45, 2.75) is 25.6 Å². The van der Waals surface area contributed by atoms with E-state index in [1.807, 2.05) is 60.7 Å². The Hall–Kier alpha value is -2.66. The topological polar surface area (TPSA) is 70.9 Å². The Balaban J connectivity index is 2.09. The first-order valence-electron chi connectivity index (χ1n) is 8.38. The molecule has 0 aliphatic carbocycles. The quantitative estimate of drug-likeness (QED) is 0.841. The van der Waals surface area contributed by atoms with Crippen LogP contribution in [0, 0.1) is 5.92 Å². The molecule has 0 radical (unpaired) electrons. The highest BCUT2D eigenvalue weighted by Gasteiger charge is 2.48. The molecule has 2 N–H and O–H groups in total. The minimum atomic E-state index is -1.49. The predicted octanol–water partition coefficient (Wildman–Crippen LogP) is 2.67. The zero-order valence-corrected chi connectivity index (χ0v) is 14.3. The number of hydrogen-bond donors (Lipinski definition) is 2. The van der Waals surface area contributed by atoms with Gasteiger partial charge in [-0.3, -0.25) is 9.79 Å². The molecule has 3 atom stereocenters. The molecule has 0 amide bonds. The van der Waals surface area contributed by atoms with Crippen molar-refractivity contribution in [3.63, 3.8) is 0 Å². The molecule has 2 aromatic rings. The number of ether oxygens (including phenoxy) is 1. The Morgan fingerprint density at radius 3 is 2.36 bits per heavy atom. The third kappa shape index (κ3) is 3.56. The van der Waals surface area contributed by atoms with Crippen LogP contribution < -0.4 is 5.32 Å². The smallest absolute Gasteiger partial charge is 0.316 e. The SMILES string of the molecule is CCOC(=O)C1C(c2ccccc2)N=C(c2ccccc2)NC1(C)O. The van der Waals surface area contributed by atoms with Crippen molar-refractivity contribution >= 4 is 11.8 Å². The maximum absolute atomic E-state index is 12.5. The van der Waals surface area contributed by atoms with E-state index in [-0.39, 0.29) is 6.61 Å². The van der Waals surface area contributed by atoms with Crippen molar-refractivity contribution in [3.8, 4) is 0 Å². The third-order valence-electron chi connectivity index (χ3n) is 4.29. The maximum Gasteiger partial charge on any atom is 0.316 e. The number of nitrogens with one attached hydrogen (secondary N) is 1. The first-order valence-corrected chi connectivity index (χ1v) is 8.38. The van der Waals surface area contributed by atoms with Crippen molar-refractivity contribution < 1.29 is 14.6 Å². The summed E-state index contributed by atoms with van der Waals surface area (Å²) in [5, 5.41) is 14.0. The molecular weight excluding hydrogens is 316 g/mol. The van der Waals surface area contributed by atoms with E-state index in [0.717, 1.165) is 11.1 Å². The Kier molecular flexibility index (Phi) is 4.86. The van der Waals surface area contributed by atoms with Crippen molar-refractivity contribution in [2.75, 3.05) is 6.61 Å². The van der Waals surface area contributed by atoms with E-state index in [2.05, 4.69) is 5.32 Å². The molecule has 5 heteroatoms. The fraction of sp³-hybridized carbons (Fsp3) is 0.300. The number of carbonyl (C=O) groups is 1. The van der Waals surface area contributed by atoms with Crippen LogP contribution in [-0.4, -0.2) is 29.2 Å². The van der Waals surface area contributed by atoms with Crippen molar-refractivity contribution in [3.05, 3.63) is 71.8 Å². The number of aliphatic imine (C=N–C) groups is 1. The minimum absolute atomic E-state index is 0.252. The van der Waals surface area contributed by atoms with Gasteiger partial charge in [-0.1, -0.05) is 60.7 Å². The first kappa shape index (κ1) is 17.2. The zero-order chi connectivity index (χ0) is 17.9. The van der Waals surface area contributed by atoms with Crippen LogP contribution in [-0.2, 0) is 9.53 Å². The molecule has 5 nitrogen and oxygen atoms in total. The Bertz CT molecular complexity index is 757. The molecule has 3 unspecified atom stereocenters. The molecule has 25 heavy (non-hydrogen) atoms. The van der Waals surface area contributed by atoms with Gasteiger partial charge in [-0.05, 0) is 19.4 Å². The third-order valence-corrected chi connectivity index (χ3v) is 4.29. The Labute approximate surface area is 147 Å². The summed E-state index contributed by atoms with van der Waals surface area (Å²) in [6.45, 7) is 3.59. The van der Waals surface area contributed by atoms with Crippen LogP contribution in [0.15, 0.2) is 65.7 Å². The Morgan fingerprint density at radius 1 is 1.16 bits per heavy atom. The van der Waals surface area contributed by atoms with E-state index < -0.39 is 23.7 Å². The standard InChI is InChI=1S/C20H22N2O3/c1-3-25-19(23)16-17(14-10-6-4-7-11-14)21-18(22-20(16,2)24)15-12-8-5-9-13-15/h4-13,16-17,24H,3H2,1-2H3,(H,21,22).